The van der Waals surface area contributed by atoms with Crippen molar-refractivity contribution < 1.29 is 4.74 Å². The maximum atomic E-state index is 6.56. The van der Waals surface area contributed by atoms with Gasteiger partial charge in [-0.15, -0.1) is 5.10 Å². The van der Waals surface area contributed by atoms with Gasteiger partial charge in [0.2, 0.25) is 5.95 Å². The molecule has 31 heavy (non-hydrogen) atoms. The van der Waals surface area contributed by atoms with Crippen LogP contribution in [0.25, 0.3) is 17.1 Å². The molecule has 5 rings (SSSR count). The van der Waals surface area contributed by atoms with E-state index >= 15 is 0 Å². The first-order chi connectivity index (χ1) is 15.1. The Bertz CT molecular complexity index is 1260. The number of halogens is 2. The largest absolute Gasteiger partial charge is 0.497 e. The molecule has 1 aliphatic rings. The topological polar surface area (TPSA) is 52.0 Å². The fourth-order valence-electron chi connectivity index (χ4n) is 3.59. The van der Waals surface area contributed by atoms with Crippen LogP contribution in [0.15, 0.2) is 78.9 Å². The summed E-state index contributed by atoms with van der Waals surface area (Å²) in [6.07, 6.45) is 2.11. The van der Waals surface area contributed by atoms with Crippen molar-refractivity contribution in [1.29, 1.82) is 0 Å². The highest BCUT2D eigenvalue weighted by Gasteiger charge is 2.27. The third kappa shape index (κ3) is 3.78. The van der Waals surface area contributed by atoms with Gasteiger partial charge in [0.15, 0.2) is 5.82 Å². The summed E-state index contributed by atoms with van der Waals surface area (Å²) in [4.78, 5) is 4.75. The minimum absolute atomic E-state index is 0.212. The van der Waals surface area contributed by atoms with Gasteiger partial charge >= 0.3 is 0 Å². The Labute approximate surface area is 189 Å². The van der Waals surface area contributed by atoms with Gasteiger partial charge in [-0.2, -0.15) is 4.98 Å². The Hall–Kier alpha value is -3.28. The highest BCUT2D eigenvalue weighted by atomic mass is 35.5. The number of hydrogen-bond donors (Lipinski definition) is 1. The van der Waals surface area contributed by atoms with Crippen LogP contribution in [0.1, 0.15) is 17.2 Å². The first kappa shape index (κ1) is 19.7. The molecule has 0 bridgehead atoms. The van der Waals surface area contributed by atoms with E-state index in [0.717, 1.165) is 28.1 Å². The van der Waals surface area contributed by atoms with E-state index in [1.165, 1.54) is 0 Å². The predicted octanol–water partition coefficient (Wildman–Crippen LogP) is 6.32. The van der Waals surface area contributed by atoms with E-state index in [0.29, 0.717) is 21.8 Å². The van der Waals surface area contributed by atoms with Crippen LogP contribution in [0.5, 0.6) is 5.75 Å². The third-order valence-electron chi connectivity index (χ3n) is 5.19. The van der Waals surface area contributed by atoms with Gasteiger partial charge in [0, 0.05) is 21.3 Å². The maximum Gasteiger partial charge on any atom is 0.227 e. The molecule has 3 aromatic carbocycles. The lowest BCUT2D eigenvalue weighted by atomic mass is 10.0. The van der Waals surface area contributed by atoms with E-state index in [4.69, 9.17) is 38.0 Å². The molecule has 0 amide bonds. The molecule has 0 spiro atoms. The lowest BCUT2D eigenvalue weighted by Gasteiger charge is -2.25. The Morgan fingerprint density at radius 3 is 2.32 bits per heavy atom. The number of aromatic nitrogens is 3. The fraction of sp³-hybridized carbons (Fsp3) is 0.0833. The molecule has 4 aromatic rings. The van der Waals surface area contributed by atoms with Gasteiger partial charge in [0.25, 0.3) is 0 Å². The molecule has 0 aliphatic carbocycles. The van der Waals surface area contributed by atoms with Gasteiger partial charge < -0.3 is 10.1 Å². The number of hydrogen-bond acceptors (Lipinski definition) is 4. The highest BCUT2D eigenvalue weighted by Crippen LogP contribution is 2.36. The molecule has 0 saturated heterocycles. The van der Waals surface area contributed by atoms with Crippen molar-refractivity contribution in [2.24, 2.45) is 0 Å². The monoisotopic (exact) mass is 448 g/mol. The normalized spacial score (nSPS) is 15.1. The zero-order valence-electron chi connectivity index (χ0n) is 16.6. The minimum atomic E-state index is -0.212. The van der Waals surface area contributed by atoms with Gasteiger partial charge in [0.1, 0.15) is 11.8 Å². The summed E-state index contributed by atoms with van der Waals surface area (Å²) in [6.45, 7) is 0. The number of rotatable bonds is 4. The Morgan fingerprint density at radius 1 is 0.903 bits per heavy atom. The lowest BCUT2D eigenvalue weighted by Crippen LogP contribution is -2.20. The van der Waals surface area contributed by atoms with Crippen molar-refractivity contribution in [2.45, 2.75) is 6.04 Å². The van der Waals surface area contributed by atoms with Gasteiger partial charge in [-0.25, -0.2) is 4.68 Å². The average molecular weight is 449 g/mol. The number of allylic oxidation sites excluding steroid dienone is 1. The molecule has 0 unspecified atom stereocenters. The molecular formula is C24H18Cl2N4O. The number of benzene rings is 3. The highest BCUT2D eigenvalue weighted by molar-refractivity contribution is 6.31. The van der Waals surface area contributed by atoms with E-state index in [2.05, 4.69) is 11.4 Å². The standard InChI is InChI=1S/C24H18Cl2N4O/c1-31-18-12-8-15(9-13-18)21-14-22(19-4-2-3-5-20(19)26)30-24(27-21)28-23(29-30)16-6-10-17(25)11-7-16/h2-14,22H,1H3,(H,27,28,29)/t22-/m0/s1. The molecule has 154 valence electrons. The van der Waals surface area contributed by atoms with E-state index in [9.17, 15) is 0 Å². The Balaban J connectivity index is 1.62. The van der Waals surface area contributed by atoms with Crippen molar-refractivity contribution in [1.82, 2.24) is 14.8 Å². The van der Waals surface area contributed by atoms with Gasteiger partial charge in [-0.05, 0) is 71.8 Å². The SMILES string of the molecule is COc1ccc(C2=C[C@@H](c3ccccc3Cl)n3nc(-c4ccc(Cl)cc4)nc3N2)cc1. The first-order valence-electron chi connectivity index (χ1n) is 9.72. The zero-order valence-corrected chi connectivity index (χ0v) is 18.1. The molecule has 0 saturated carbocycles. The summed E-state index contributed by atoms with van der Waals surface area (Å²) < 4.78 is 7.15. The van der Waals surface area contributed by atoms with Crippen molar-refractivity contribution >= 4 is 34.8 Å². The smallest absolute Gasteiger partial charge is 0.227 e. The summed E-state index contributed by atoms with van der Waals surface area (Å²) in [5, 5.41) is 9.54. The molecule has 5 nitrogen and oxygen atoms in total. The Kier molecular flexibility index (Phi) is 5.14. The van der Waals surface area contributed by atoms with Gasteiger partial charge in [-0.1, -0.05) is 41.4 Å². The fourth-order valence-corrected chi connectivity index (χ4v) is 3.96. The molecular weight excluding hydrogens is 431 g/mol. The molecule has 0 radical (unpaired) electrons. The van der Waals surface area contributed by atoms with Crippen LogP contribution in [0.2, 0.25) is 10.0 Å². The van der Waals surface area contributed by atoms with Crippen LogP contribution < -0.4 is 10.1 Å². The molecule has 1 N–H and O–H groups in total. The van der Waals surface area contributed by atoms with Gasteiger partial charge in [0.05, 0.1) is 7.11 Å². The van der Waals surface area contributed by atoms with E-state index in [1.807, 2.05) is 77.5 Å². The number of methoxy groups -OCH3 is 1. The average Bonchev–Trinajstić information content (AvgIpc) is 3.24. The first-order valence-corrected chi connectivity index (χ1v) is 10.5. The number of ether oxygens (including phenoxy) is 1. The molecule has 0 fully saturated rings. The molecule has 1 atom stereocenters. The van der Waals surface area contributed by atoms with Crippen LogP contribution >= 0.6 is 23.2 Å². The van der Waals surface area contributed by atoms with E-state index < -0.39 is 0 Å². The quantitative estimate of drug-likeness (QED) is 0.396. The summed E-state index contributed by atoms with van der Waals surface area (Å²) in [6, 6.07) is 22.9. The van der Waals surface area contributed by atoms with Crippen LogP contribution in [-0.2, 0) is 0 Å². The van der Waals surface area contributed by atoms with Crippen molar-refractivity contribution in [3.05, 3.63) is 100 Å². The molecule has 1 aromatic heterocycles. The van der Waals surface area contributed by atoms with Crippen LogP contribution in [0.3, 0.4) is 0 Å². The number of nitrogens with one attached hydrogen (secondary N) is 1. The number of anilines is 1. The number of fused-ring (bicyclic) bond motifs is 1. The minimum Gasteiger partial charge on any atom is -0.497 e. The zero-order chi connectivity index (χ0) is 21.4. The molecule has 7 heteroatoms. The second-order valence-corrected chi connectivity index (χ2v) is 7.95. The van der Waals surface area contributed by atoms with Crippen LogP contribution in [0.4, 0.5) is 5.95 Å². The van der Waals surface area contributed by atoms with Crippen LogP contribution in [-0.4, -0.2) is 21.9 Å². The molecule has 1 aliphatic heterocycles. The number of nitrogens with zero attached hydrogens (tertiary/aromatic N) is 3. The van der Waals surface area contributed by atoms with E-state index in [-0.39, 0.29) is 6.04 Å². The summed E-state index contributed by atoms with van der Waals surface area (Å²) in [5.74, 6) is 2.06. The summed E-state index contributed by atoms with van der Waals surface area (Å²) in [7, 11) is 1.65. The summed E-state index contributed by atoms with van der Waals surface area (Å²) in [5.41, 5.74) is 3.78. The molecule has 2 heterocycles. The maximum absolute atomic E-state index is 6.56. The van der Waals surface area contributed by atoms with E-state index in [1.54, 1.807) is 7.11 Å². The predicted molar refractivity (Wildman–Crippen MR) is 125 cm³/mol. The second kappa shape index (κ2) is 8.10. The van der Waals surface area contributed by atoms with Crippen molar-refractivity contribution in [3.63, 3.8) is 0 Å². The van der Waals surface area contributed by atoms with Crippen molar-refractivity contribution in [2.75, 3.05) is 12.4 Å². The Morgan fingerprint density at radius 2 is 1.61 bits per heavy atom. The lowest BCUT2D eigenvalue weighted by molar-refractivity contribution is 0.415. The van der Waals surface area contributed by atoms with Crippen LogP contribution in [0, 0.1) is 0 Å². The second-order valence-electron chi connectivity index (χ2n) is 7.11. The van der Waals surface area contributed by atoms with Gasteiger partial charge in [-0.3, -0.25) is 0 Å². The van der Waals surface area contributed by atoms with Crippen molar-refractivity contribution in [3.8, 4) is 17.1 Å². The summed E-state index contributed by atoms with van der Waals surface area (Å²) >= 11 is 12.6. The third-order valence-corrected chi connectivity index (χ3v) is 5.79.